The first kappa shape index (κ1) is 15.3. The number of carbonyl (C=O) groups is 1. The van der Waals surface area contributed by atoms with Crippen LogP contribution in [0, 0.1) is 0 Å². The van der Waals surface area contributed by atoms with Crippen LogP contribution in [0.5, 0.6) is 0 Å². The van der Waals surface area contributed by atoms with Crippen LogP contribution in [-0.4, -0.2) is 10.9 Å². The van der Waals surface area contributed by atoms with Crippen LogP contribution in [0.15, 0.2) is 42.6 Å². The highest BCUT2D eigenvalue weighted by Gasteiger charge is 2.34. The second-order valence-electron chi connectivity index (χ2n) is 4.18. The average Bonchev–Trinajstić information content (AvgIpc) is 2.45. The number of benzene rings is 1. The third-order valence-corrected chi connectivity index (χ3v) is 3.09. The zero-order valence-corrected chi connectivity index (χ0v) is 11.4. The molecule has 1 N–H and O–H groups in total. The largest absolute Gasteiger partial charge is 0.417 e. The van der Waals surface area contributed by atoms with E-state index in [1.165, 1.54) is 18.3 Å². The van der Waals surface area contributed by atoms with Crippen molar-refractivity contribution in [2.75, 3.05) is 0 Å². The Labute approximate surface area is 123 Å². The van der Waals surface area contributed by atoms with Gasteiger partial charge in [0.1, 0.15) is 5.15 Å². The van der Waals surface area contributed by atoms with Crippen molar-refractivity contribution in [1.29, 1.82) is 0 Å². The second-order valence-corrected chi connectivity index (χ2v) is 4.54. The SMILES string of the molecule is O=C(NCc1cccnc1Cl)c1ccccc1C(F)(F)F. The second kappa shape index (κ2) is 6.13. The van der Waals surface area contributed by atoms with Gasteiger partial charge < -0.3 is 5.32 Å². The summed E-state index contributed by atoms with van der Waals surface area (Å²) in [4.78, 5) is 15.7. The fourth-order valence-corrected chi connectivity index (χ4v) is 1.94. The zero-order chi connectivity index (χ0) is 15.5. The van der Waals surface area contributed by atoms with Crippen molar-refractivity contribution < 1.29 is 18.0 Å². The van der Waals surface area contributed by atoms with Crippen LogP contribution in [0.3, 0.4) is 0 Å². The maximum Gasteiger partial charge on any atom is 0.417 e. The van der Waals surface area contributed by atoms with Crippen LogP contribution < -0.4 is 5.32 Å². The minimum absolute atomic E-state index is 0.00228. The van der Waals surface area contributed by atoms with Gasteiger partial charge in [-0.05, 0) is 18.2 Å². The molecule has 0 unspecified atom stereocenters. The highest BCUT2D eigenvalue weighted by atomic mass is 35.5. The Morgan fingerprint density at radius 1 is 1.19 bits per heavy atom. The molecule has 0 spiro atoms. The van der Waals surface area contributed by atoms with E-state index >= 15 is 0 Å². The molecular formula is C14H10ClF3N2O. The van der Waals surface area contributed by atoms with Gasteiger partial charge in [0, 0.05) is 18.3 Å². The molecule has 1 aromatic heterocycles. The molecule has 0 aliphatic rings. The molecular weight excluding hydrogens is 305 g/mol. The van der Waals surface area contributed by atoms with E-state index in [0.717, 1.165) is 12.1 Å². The number of alkyl halides is 3. The van der Waals surface area contributed by atoms with Crippen LogP contribution in [0.2, 0.25) is 5.15 Å². The van der Waals surface area contributed by atoms with Gasteiger partial charge in [0.15, 0.2) is 0 Å². The number of hydrogen-bond acceptors (Lipinski definition) is 2. The molecule has 0 saturated heterocycles. The number of amides is 1. The minimum Gasteiger partial charge on any atom is -0.348 e. The number of nitrogens with zero attached hydrogens (tertiary/aromatic N) is 1. The Balaban J connectivity index is 2.17. The van der Waals surface area contributed by atoms with E-state index in [4.69, 9.17) is 11.6 Å². The van der Waals surface area contributed by atoms with Crippen LogP contribution in [-0.2, 0) is 12.7 Å². The van der Waals surface area contributed by atoms with E-state index in [1.807, 2.05) is 0 Å². The molecule has 0 atom stereocenters. The summed E-state index contributed by atoms with van der Waals surface area (Å²) < 4.78 is 38.5. The van der Waals surface area contributed by atoms with Crippen molar-refractivity contribution in [2.45, 2.75) is 12.7 Å². The first-order valence-electron chi connectivity index (χ1n) is 5.93. The number of rotatable bonds is 3. The van der Waals surface area contributed by atoms with Crippen LogP contribution in [0.1, 0.15) is 21.5 Å². The van der Waals surface area contributed by atoms with Gasteiger partial charge in [-0.2, -0.15) is 13.2 Å². The van der Waals surface area contributed by atoms with Gasteiger partial charge in [-0.3, -0.25) is 4.79 Å². The van der Waals surface area contributed by atoms with E-state index in [0.29, 0.717) is 5.56 Å². The summed E-state index contributed by atoms with van der Waals surface area (Å²) in [5.74, 6) is -0.817. The molecule has 2 aromatic rings. The highest BCUT2D eigenvalue weighted by molar-refractivity contribution is 6.30. The maximum absolute atomic E-state index is 12.8. The summed E-state index contributed by atoms with van der Waals surface area (Å²) in [7, 11) is 0. The van der Waals surface area contributed by atoms with Crippen molar-refractivity contribution in [3.05, 3.63) is 64.4 Å². The predicted octanol–water partition coefficient (Wildman–Crippen LogP) is 3.68. The Kier molecular flexibility index (Phi) is 4.47. The van der Waals surface area contributed by atoms with Crippen molar-refractivity contribution in [2.24, 2.45) is 0 Å². The van der Waals surface area contributed by atoms with Crippen molar-refractivity contribution in [3.8, 4) is 0 Å². The monoisotopic (exact) mass is 314 g/mol. The molecule has 0 saturated carbocycles. The first-order chi connectivity index (χ1) is 9.89. The molecule has 1 heterocycles. The van der Waals surface area contributed by atoms with E-state index < -0.39 is 23.2 Å². The average molecular weight is 315 g/mol. The highest BCUT2D eigenvalue weighted by Crippen LogP contribution is 2.31. The summed E-state index contributed by atoms with van der Waals surface area (Å²) in [6.45, 7) is -0.00228. The molecule has 0 aliphatic carbocycles. The Morgan fingerprint density at radius 2 is 1.90 bits per heavy atom. The summed E-state index contributed by atoms with van der Waals surface area (Å²) in [5.41, 5.74) is -0.873. The summed E-state index contributed by atoms with van der Waals surface area (Å²) in [6, 6.07) is 7.86. The molecule has 2 rings (SSSR count). The van der Waals surface area contributed by atoms with Gasteiger partial charge in [0.2, 0.25) is 0 Å². The van der Waals surface area contributed by atoms with E-state index in [-0.39, 0.29) is 11.7 Å². The third kappa shape index (κ3) is 3.72. The number of carbonyl (C=O) groups excluding carboxylic acids is 1. The lowest BCUT2D eigenvalue weighted by Crippen LogP contribution is -2.26. The standard InChI is InChI=1S/C14H10ClF3N2O/c15-12-9(4-3-7-19-12)8-20-13(21)10-5-1-2-6-11(10)14(16,17)18/h1-7H,8H2,(H,20,21). The molecule has 0 bridgehead atoms. The van der Waals surface area contributed by atoms with Crippen molar-refractivity contribution in [3.63, 3.8) is 0 Å². The quantitative estimate of drug-likeness (QED) is 0.878. The topological polar surface area (TPSA) is 42.0 Å². The Bertz CT molecular complexity index is 659. The summed E-state index contributed by atoms with van der Waals surface area (Å²) in [5, 5.41) is 2.60. The Morgan fingerprint density at radius 3 is 2.57 bits per heavy atom. The lowest BCUT2D eigenvalue weighted by atomic mass is 10.1. The molecule has 0 aliphatic heterocycles. The fourth-order valence-electron chi connectivity index (χ4n) is 1.75. The fraction of sp³-hybridized carbons (Fsp3) is 0.143. The molecule has 1 aromatic carbocycles. The molecule has 1 amide bonds. The number of halogens is 4. The van der Waals surface area contributed by atoms with Crippen LogP contribution >= 0.6 is 11.6 Å². The minimum atomic E-state index is -4.58. The smallest absolute Gasteiger partial charge is 0.348 e. The zero-order valence-electron chi connectivity index (χ0n) is 10.6. The van der Waals surface area contributed by atoms with Crippen molar-refractivity contribution >= 4 is 17.5 Å². The summed E-state index contributed by atoms with van der Waals surface area (Å²) >= 11 is 5.82. The molecule has 7 heteroatoms. The van der Waals surface area contributed by atoms with E-state index in [1.54, 1.807) is 12.1 Å². The van der Waals surface area contributed by atoms with Gasteiger partial charge in [0.25, 0.3) is 5.91 Å². The molecule has 21 heavy (non-hydrogen) atoms. The van der Waals surface area contributed by atoms with Crippen LogP contribution in [0.4, 0.5) is 13.2 Å². The van der Waals surface area contributed by atoms with Gasteiger partial charge in [-0.1, -0.05) is 29.8 Å². The number of pyridine rings is 1. The van der Waals surface area contributed by atoms with Crippen LogP contribution in [0.25, 0.3) is 0 Å². The molecule has 0 radical (unpaired) electrons. The van der Waals surface area contributed by atoms with E-state index in [2.05, 4.69) is 10.3 Å². The maximum atomic E-state index is 12.8. The third-order valence-electron chi connectivity index (χ3n) is 2.75. The molecule has 110 valence electrons. The lowest BCUT2D eigenvalue weighted by molar-refractivity contribution is -0.137. The van der Waals surface area contributed by atoms with E-state index in [9.17, 15) is 18.0 Å². The van der Waals surface area contributed by atoms with Gasteiger partial charge in [-0.15, -0.1) is 0 Å². The van der Waals surface area contributed by atoms with Gasteiger partial charge >= 0.3 is 6.18 Å². The van der Waals surface area contributed by atoms with Gasteiger partial charge in [-0.25, -0.2) is 4.98 Å². The number of aromatic nitrogens is 1. The Hall–Kier alpha value is -2.08. The predicted molar refractivity (Wildman–Crippen MR) is 71.9 cm³/mol. The normalized spacial score (nSPS) is 11.2. The molecule has 3 nitrogen and oxygen atoms in total. The van der Waals surface area contributed by atoms with Crippen molar-refractivity contribution in [1.82, 2.24) is 10.3 Å². The number of hydrogen-bond donors (Lipinski definition) is 1. The first-order valence-corrected chi connectivity index (χ1v) is 6.31. The van der Waals surface area contributed by atoms with Gasteiger partial charge in [0.05, 0.1) is 11.1 Å². The molecule has 0 fully saturated rings. The number of nitrogens with one attached hydrogen (secondary N) is 1. The lowest BCUT2D eigenvalue weighted by Gasteiger charge is -2.12. The summed E-state index contributed by atoms with van der Waals surface area (Å²) in [6.07, 6.45) is -3.10.